The summed E-state index contributed by atoms with van der Waals surface area (Å²) in [6, 6.07) is 0. The topological polar surface area (TPSA) is 30.3 Å². The van der Waals surface area contributed by atoms with E-state index in [2.05, 4.69) is 28.3 Å². The van der Waals surface area contributed by atoms with Crippen LogP contribution in [0, 0.1) is 5.92 Å². The van der Waals surface area contributed by atoms with Gasteiger partial charge in [-0.05, 0) is 39.0 Å². The number of hydrogen-bond donors (Lipinski definition) is 0. The Balaban J connectivity index is 1.69. The fraction of sp³-hybridized carbons (Fsp3) is 0.800. The van der Waals surface area contributed by atoms with Crippen molar-refractivity contribution in [1.29, 1.82) is 0 Å². The Bertz CT molecular complexity index is 423. The van der Waals surface area contributed by atoms with E-state index in [9.17, 15) is 0 Å². The molecule has 0 bridgehead atoms. The van der Waals surface area contributed by atoms with Crippen LogP contribution in [0.15, 0.2) is 6.33 Å². The highest BCUT2D eigenvalue weighted by molar-refractivity contribution is 5.13. The zero-order valence-corrected chi connectivity index (χ0v) is 12.1. The molecule has 2 heterocycles. The van der Waals surface area contributed by atoms with Crippen molar-refractivity contribution in [2.45, 2.75) is 58.9 Å². The number of hydrogen-bond acceptors (Lipinski definition) is 3. The molecule has 1 aromatic rings. The maximum Gasteiger partial charge on any atom is 0.0953 e. The first kappa shape index (κ1) is 13.1. The van der Waals surface area contributed by atoms with Gasteiger partial charge in [0.25, 0.3) is 0 Å². The van der Waals surface area contributed by atoms with Gasteiger partial charge in [0.2, 0.25) is 0 Å². The van der Waals surface area contributed by atoms with Gasteiger partial charge in [-0.1, -0.05) is 0 Å². The summed E-state index contributed by atoms with van der Waals surface area (Å²) in [5, 5.41) is 0. The van der Waals surface area contributed by atoms with E-state index in [0.29, 0.717) is 6.61 Å². The number of ether oxygens (including phenoxy) is 1. The van der Waals surface area contributed by atoms with E-state index in [-0.39, 0.29) is 6.10 Å². The van der Waals surface area contributed by atoms with E-state index >= 15 is 0 Å². The van der Waals surface area contributed by atoms with Crippen molar-refractivity contribution < 1.29 is 4.74 Å². The molecule has 0 radical (unpaired) electrons. The average Bonchev–Trinajstić information content (AvgIpc) is 3.13. The molecule has 1 fully saturated rings. The molecule has 0 saturated heterocycles. The predicted octanol–water partition coefficient (Wildman–Crippen LogP) is 2.42. The van der Waals surface area contributed by atoms with Gasteiger partial charge in [0.15, 0.2) is 0 Å². The van der Waals surface area contributed by atoms with Crippen LogP contribution in [0.2, 0.25) is 0 Å². The van der Waals surface area contributed by atoms with E-state index < -0.39 is 0 Å². The summed E-state index contributed by atoms with van der Waals surface area (Å²) in [5.74, 6) is 0.963. The van der Waals surface area contributed by atoms with E-state index in [4.69, 9.17) is 4.74 Å². The third kappa shape index (κ3) is 3.37. The van der Waals surface area contributed by atoms with Gasteiger partial charge in [-0.3, -0.25) is 4.90 Å². The molecule has 1 saturated carbocycles. The normalized spacial score (nSPS) is 20.6. The molecule has 2 aliphatic rings. The van der Waals surface area contributed by atoms with Gasteiger partial charge < -0.3 is 9.30 Å². The number of fused-ring (bicyclic) bond motifs is 1. The smallest absolute Gasteiger partial charge is 0.0953 e. The van der Waals surface area contributed by atoms with Crippen LogP contribution in [0.4, 0.5) is 0 Å². The molecule has 1 aliphatic heterocycles. The lowest BCUT2D eigenvalue weighted by Gasteiger charge is -2.19. The first-order valence-corrected chi connectivity index (χ1v) is 7.59. The van der Waals surface area contributed by atoms with Crippen molar-refractivity contribution in [3.8, 4) is 0 Å². The van der Waals surface area contributed by atoms with E-state index in [0.717, 1.165) is 24.7 Å². The fourth-order valence-corrected chi connectivity index (χ4v) is 2.77. The second-order valence-electron chi connectivity index (χ2n) is 6.22. The van der Waals surface area contributed by atoms with Crippen LogP contribution in [0.5, 0.6) is 0 Å². The van der Waals surface area contributed by atoms with Crippen LogP contribution in [0.1, 0.15) is 44.5 Å². The summed E-state index contributed by atoms with van der Waals surface area (Å²) in [6.07, 6.45) is 6.36. The molecule has 0 N–H and O–H groups in total. The number of imidazole rings is 1. The highest BCUT2D eigenvalue weighted by atomic mass is 16.5. The molecule has 0 spiro atoms. The van der Waals surface area contributed by atoms with E-state index in [1.165, 1.54) is 38.0 Å². The minimum atomic E-state index is 0.269. The Morgan fingerprint density at radius 2 is 2.21 bits per heavy atom. The van der Waals surface area contributed by atoms with E-state index in [1.807, 2.05) is 6.33 Å². The monoisotopic (exact) mass is 263 g/mol. The second kappa shape index (κ2) is 5.63. The molecule has 1 aliphatic carbocycles. The summed E-state index contributed by atoms with van der Waals surface area (Å²) in [7, 11) is 0. The molecule has 0 atom stereocenters. The third-order valence-corrected chi connectivity index (χ3v) is 4.05. The summed E-state index contributed by atoms with van der Waals surface area (Å²) in [5.41, 5.74) is 2.51. The summed E-state index contributed by atoms with van der Waals surface area (Å²) < 4.78 is 8.05. The molecule has 19 heavy (non-hydrogen) atoms. The zero-order valence-electron chi connectivity index (χ0n) is 12.1. The minimum Gasteiger partial charge on any atom is -0.372 e. The van der Waals surface area contributed by atoms with Crippen molar-refractivity contribution in [2.75, 3.05) is 13.1 Å². The maximum absolute atomic E-state index is 5.73. The van der Waals surface area contributed by atoms with Crippen LogP contribution >= 0.6 is 0 Å². The van der Waals surface area contributed by atoms with Gasteiger partial charge in [0.1, 0.15) is 0 Å². The number of nitrogens with zero attached hydrogens (tertiary/aromatic N) is 3. The Morgan fingerprint density at radius 1 is 1.37 bits per heavy atom. The molecule has 1 aromatic heterocycles. The molecule has 0 unspecified atom stereocenters. The molecule has 4 heteroatoms. The number of aromatic nitrogens is 2. The Labute approximate surface area is 115 Å². The zero-order chi connectivity index (χ0) is 13.2. The average molecular weight is 263 g/mol. The summed E-state index contributed by atoms with van der Waals surface area (Å²) >= 11 is 0. The lowest BCUT2D eigenvalue weighted by molar-refractivity contribution is 0.0628. The molecule has 106 valence electrons. The van der Waals surface area contributed by atoms with Gasteiger partial charge in [-0.25, -0.2) is 4.98 Å². The van der Waals surface area contributed by atoms with Gasteiger partial charge in [0.05, 0.1) is 30.4 Å². The van der Waals surface area contributed by atoms with Gasteiger partial charge in [0, 0.05) is 26.2 Å². The third-order valence-electron chi connectivity index (χ3n) is 4.05. The highest BCUT2D eigenvalue weighted by Gasteiger charge is 2.26. The Hall–Kier alpha value is -0.870. The molecular formula is C15H25N3O. The van der Waals surface area contributed by atoms with Crippen LogP contribution < -0.4 is 0 Å². The van der Waals surface area contributed by atoms with Crippen molar-refractivity contribution in [2.24, 2.45) is 5.92 Å². The van der Waals surface area contributed by atoms with Gasteiger partial charge in [-0.15, -0.1) is 0 Å². The minimum absolute atomic E-state index is 0.269. The van der Waals surface area contributed by atoms with Crippen LogP contribution in [-0.2, 0) is 24.4 Å². The van der Waals surface area contributed by atoms with E-state index in [1.54, 1.807) is 0 Å². The summed E-state index contributed by atoms with van der Waals surface area (Å²) in [6.45, 7) is 9.45. The predicted molar refractivity (Wildman–Crippen MR) is 74.8 cm³/mol. The van der Waals surface area contributed by atoms with Crippen LogP contribution in [0.25, 0.3) is 0 Å². The van der Waals surface area contributed by atoms with Crippen molar-refractivity contribution in [3.63, 3.8) is 0 Å². The van der Waals surface area contributed by atoms with Gasteiger partial charge in [-0.2, -0.15) is 0 Å². The fourth-order valence-electron chi connectivity index (χ4n) is 2.77. The molecule has 0 aromatic carbocycles. The first-order chi connectivity index (χ1) is 9.22. The first-order valence-electron chi connectivity index (χ1n) is 7.59. The quantitative estimate of drug-likeness (QED) is 0.817. The highest BCUT2D eigenvalue weighted by Crippen LogP contribution is 2.31. The molecular weight excluding hydrogens is 238 g/mol. The Kier molecular flexibility index (Phi) is 3.89. The molecule has 3 rings (SSSR count). The largest absolute Gasteiger partial charge is 0.372 e. The number of rotatable bonds is 5. The van der Waals surface area contributed by atoms with Crippen LogP contribution in [0.3, 0.4) is 0 Å². The lowest BCUT2D eigenvalue weighted by Crippen LogP contribution is -2.26. The maximum atomic E-state index is 5.73. The second-order valence-corrected chi connectivity index (χ2v) is 6.22. The SMILES string of the molecule is CC(C)OCc1ncn2c1CN(CC1CC1)CCC2. The van der Waals surface area contributed by atoms with Crippen molar-refractivity contribution in [3.05, 3.63) is 17.7 Å². The Morgan fingerprint density at radius 3 is 2.95 bits per heavy atom. The van der Waals surface area contributed by atoms with Crippen molar-refractivity contribution >= 4 is 0 Å². The van der Waals surface area contributed by atoms with Crippen molar-refractivity contribution in [1.82, 2.24) is 14.5 Å². The summed E-state index contributed by atoms with van der Waals surface area (Å²) in [4.78, 5) is 7.16. The van der Waals surface area contributed by atoms with Crippen LogP contribution in [-0.4, -0.2) is 33.6 Å². The molecule has 0 amide bonds. The number of aryl methyl sites for hydroxylation is 1. The van der Waals surface area contributed by atoms with Gasteiger partial charge >= 0.3 is 0 Å². The standard InChI is InChI=1S/C15H25N3O/c1-12(2)19-10-14-15-9-17(8-13-4-5-13)6-3-7-18(15)11-16-14/h11-13H,3-10H2,1-2H3. The molecule has 4 nitrogen and oxygen atoms in total. The lowest BCUT2D eigenvalue weighted by atomic mass is 10.3.